The number of primary amides is 1. The maximum absolute atomic E-state index is 11.8. The van der Waals surface area contributed by atoms with Crippen molar-refractivity contribution in [3.63, 3.8) is 0 Å². The molecule has 5 N–H and O–H groups in total. The van der Waals surface area contributed by atoms with Crippen molar-refractivity contribution in [2.45, 2.75) is 13.0 Å². The SMILES string of the molecule is COC(CN)C(=O)Nc1cccc(C(N)=O)c1C. The maximum atomic E-state index is 11.8. The van der Waals surface area contributed by atoms with Crippen LogP contribution in [0.25, 0.3) is 0 Å². The van der Waals surface area contributed by atoms with Crippen LogP contribution in [0.5, 0.6) is 0 Å². The minimum atomic E-state index is -0.721. The second-order valence-corrected chi connectivity index (χ2v) is 3.79. The summed E-state index contributed by atoms with van der Waals surface area (Å²) in [7, 11) is 1.41. The Morgan fingerprint density at radius 2 is 2.11 bits per heavy atom. The highest BCUT2D eigenvalue weighted by molar-refractivity contribution is 5.99. The monoisotopic (exact) mass is 251 g/mol. The Hall–Kier alpha value is -1.92. The zero-order valence-electron chi connectivity index (χ0n) is 10.4. The molecule has 0 aliphatic rings. The van der Waals surface area contributed by atoms with Crippen LogP contribution in [0.4, 0.5) is 5.69 Å². The number of hydrogen-bond acceptors (Lipinski definition) is 4. The van der Waals surface area contributed by atoms with Crippen molar-refractivity contribution < 1.29 is 14.3 Å². The molecule has 0 aromatic heterocycles. The van der Waals surface area contributed by atoms with Crippen LogP contribution in [-0.4, -0.2) is 31.6 Å². The molecule has 98 valence electrons. The smallest absolute Gasteiger partial charge is 0.254 e. The molecule has 6 heteroatoms. The number of benzene rings is 1. The second-order valence-electron chi connectivity index (χ2n) is 3.79. The number of amides is 2. The summed E-state index contributed by atoms with van der Waals surface area (Å²) in [6.45, 7) is 1.79. The van der Waals surface area contributed by atoms with E-state index < -0.39 is 12.0 Å². The molecule has 1 unspecified atom stereocenters. The van der Waals surface area contributed by atoms with Gasteiger partial charge in [0.05, 0.1) is 0 Å². The molecule has 6 nitrogen and oxygen atoms in total. The maximum Gasteiger partial charge on any atom is 0.254 e. The highest BCUT2D eigenvalue weighted by atomic mass is 16.5. The zero-order valence-corrected chi connectivity index (χ0v) is 10.4. The number of nitrogens with one attached hydrogen (secondary N) is 1. The number of hydrogen-bond donors (Lipinski definition) is 3. The Morgan fingerprint density at radius 3 is 2.61 bits per heavy atom. The third-order valence-corrected chi connectivity index (χ3v) is 2.65. The van der Waals surface area contributed by atoms with Gasteiger partial charge in [-0.15, -0.1) is 0 Å². The lowest BCUT2D eigenvalue weighted by Crippen LogP contribution is -2.36. The van der Waals surface area contributed by atoms with E-state index in [0.717, 1.165) is 0 Å². The molecule has 1 atom stereocenters. The van der Waals surface area contributed by atoms with Crippen LogP contribution in [0.15, 0.2) is 18.2 Å². The Labute approximate surface area is 105 Å². The van der Waals surface area contributed by atoms with Crippen LogP contribution < -0.4 is 16.8 Å². The third kappa shape index (κ3) is 3.06. The lowest BCUT2D eigenvalue weighted by atomic mass is 10.1. The summed E-state index contributed by atoms with van der Waals surface area (Å²) >= 11 is 0. The minimum absolute atomic E-state index is 0.0802. The highest BCUT2D eigenvalue weighted by Crippen LogP contribution is 2.18. The predicted molar refractivity (Wildman–Crippen MR) is 68.2 cm³/mol. The Balaban J connectivity index is 2.95. The standard InChI is InChI=1S/C12H17N3O3/c1-7-8(11(14)16)4-3-5-9(7)15-12(17)10(6-13)18-2/h3-5,10H,6,13H2,1-2H3,(H2,14,16)(H,15,17). The number of rotatable bonds is 5. The fraction of sp³-hybridized carbons (Fsp3) is 0.333. The topological polar surface area (TPSA) is 107 Å². The first-order chi connectivity index (χ1) is 8.51. The van der Waals surface area contributed by atoms with Gasteiger partial charge in [-0.3, -0.25) is 9.59 Å². The largest absolute Gasteiger partial charge is 0.370 e. The molecule has 2 amide bonds. The number of anilines is 1. The fourth-order valence-corrected chi connectivity index (χ4v) is 1.56. The van der Waals surface area contributed by atoms with Crippen LogP contribution in [0.3, 0.4) is 0 Å². The Morgan fingerprint density at radius 1 is 1.44 bits per heavy atom. The number of ether oxygens (including phenoxy) is 1. The van der Waals surface area contributed by atoms with Gasteiger partial charge in [-0.05, 0) is 24.6 Å². The molecule has 0 bridgehead atoms. The van der Waals surface area contributed by atoms with Gasteiger partial charge in [-0.2, -0.15) is 0 Å². The average molecular weight is 251 g/mol. The average Bonchev–Trinajstić information content (AvgIpc) is 2.33. The fourth-order valence-electron chi connectivity index (χ4n) is 1.56. The summed E-state index contributed by atoms with van der Waals surface area (Å²) in [6.07, 6.45) is -0.721. The summed E-state index contributed by atoms with van der Waals surface area (Å²) in [6, 6.07) is 4.93. The van der Waals surface area contributed by atoms with Crippen molar-refractivity contribution in [3.05, 3.63) is 29.3 Å². The molecule has 0 aliphatic heterocycles. The number of methoxy groups -OCH3 is 1. The number of carbonyl (C=O) groups is 2. The van der Waals surface area contributed by atoms with Crippen LogP contribution in [0.1, 0.15) is 15.9 Å². The van der Waals surface area contributed by atoms with Gasteiger partial charge >= 0.3 is 0 Å². The Kier molecular flexibility index (Phi) is 4.82. The van der Waals surface area contributed by atoms with E-state index >= 15 is 0 Å². The highest BCUT2D eigenvalue weighted by Gasteiger charge is 2.17. The van der Waals surface area contributed by atoms with Gasteiger partial charge in [0, 0.05) is 24.9 Å². The van der Waals surface area contributed by atoms with Gasteiger partial charge in [0.25, 0.3) is 5.91 Å². The van der Waals surface area contributed by atoms with Crippen molar-refractivity contribution >= 4 is 17.5 Å². The zero-order chi connectivity index (χ0) is 13.7. The van der Waals surface area contributed by atoms with Crippen molar-refractivity contribution in [2.24, 2.45) is 11.5 Å². The molecule has 18 heavy (non-hydrogen) atoms. The molecular weight excluding hydrogens is 234 g/mol. The molecule has 0 aliphatic carbocycles. The lowest BCUT2D eigenvalue weighted by Gasteiger charge is -2.15. The van der Waals surface area contributed by atoms with Gasteiger partial charge in [0.2, 0.25) is 5.91 Å². The molecule has 0 saturated carbocycles. The molecule has 0 heterocycles. The number of nitrogens with two attached hydrogens (primary N) is 2. The van der Waals surface area contributed by atoms with Gasteiger partial charge in [-0.25, -0.2) is 0 Å². The van der Waals surface area contributed by atoms with Gasteiger partial charge < -0.3 is 21.5 Å². The first-order valence-corrected chi connectivity index (χ1v) is 5.44. The van der Waals surface area contributed by atoms with Crippen molar-refractivity contribution in [1.29, 1.82) is 0 Å². The third-order valence-electron chi connectivity index (χ3n) is 2.65. The van der Waals surface area contributed by atoms with Gasteiger partial charge in [0.15, 0.2) is 0 Å². The van der Waals surface area contributed by atoms with E-state index in [9.17, 15) is 9.59 Å². The summed E-state index contributed by atoms with van der Waals surface area (Å²) in [4.78, 5) is 22.9. The van der Waals surface area contributed by atoms with Crippen LogP contribution in [-0.2, 0) is 9.53 Å². The molecule has 1 rings (SSSR count). The summed E-state index contributed by atoms with van der Waals surface area (Å²) < 4.78 is 4.92. The summed E-state index contributed by atoms with van der Waals surface area (Å²) in [5.41, 5.74) is 12.1. The first-order valence-electron chi connectivity index (χ1n) is 5.44. The van der Waals surface area contributed by atoms with E-state index in [4.69, 9.17) is 16.2 Å². The molecular formula is C12H17N3O3. The molecule has 1 aromatic carbocycles. The van der Waals surface area contributed by atoms with E-state index in [1.165, 1.54) is 7.11 Å². The van der Waals surface area contributed by atoms with E-state index in [1.54, 1.807) is 25.1 Å². The quantitative estimate of drug-likeness (QED) is 0.684. The molecule has 0 spiro atoms. The van der Waals surface area contributed by atoms with E-state index in [-0.39, 0.29) is 12.5 Å². The summed E-state index contributed by atoms with van der Waals surface area (Å²) in [5, 5.41) is 2.66. The van der Waals surface area contributed by atoms with Gasteiger partial charge in [0.1, 0.15) is 6.10 Å². The Bertz CT molecular complexity index is 456. The van der Waals surface area contributed by atoms with E-state index in [1.807, 2.05) is 0 Å². The van der Waals surface area contributed by atoms with Crippen LogP contribution in [0, 0.1) is 6.92 Å². The van der Waals surface area contributed by atoms with Crippen LogP contribution in [0.2, 0.25) is 0 Å². The van der Waals surface area contributed by atoms with Crippen LogP contribution >= 0.6 is 0 Å². The molecule has 1 aromatic rings. The number of carbonyl (C=O) groups excluding carboxylic acids is 2. The predicted octanol–water partition coefficient (Wildman–Crippen LogP) is 0.00612. The van der Waals surface area contributed by atoms with E-state index in [0.29, 0.717) is 16.8 Å². The first kappa shape index (κ1) is 14.1. The molecule has 0 radical (unpaired) electrons. The van der Waals surface area contributed by atoms with Crippen molar-refractivity contribution in [2.75, 3.05) is 19.0 Å². The second kappa shape index (κ2) is 6.13. The molecule has 0 fully saturated rings. The summed E-state index contributed by atoms with van der Waals surface area (Å²) in [5.74, 6) is -0.893. The van der Waals surface area contributed by atoms with Crippen molar-refractivity contribution in [1.82, 2.24) is 0 Å². The molecule has 0 saturated heterocycles. The minimum Gasteiger partial charge on any atom is -0.370 e. The van der Waals surface area contributed by atoms with Gasteiger partial charge in [-0.1, -0.05) is 6.07 Å². The lowest BCUT2D eigenvalue weighted by molar-refractivity contribution is -0.125. The van der Waals surface area contributed by atoms with E-state index in [2.05, 4.69) is 5.32 Å². The van der Waals surface area contributed by atoms with Crippen molar-refractivity contribution in [3.8, 4) is 0 Å². The normalized spacial score (nSPS) is 11.9.